The van der Waals surface area contributed by atoms with Crippen molar-refractivity contribution in [3.63, 3.8) is 0 Å². The lowest BCUT2D eigenvalue weighted by Crippen LogP contribution is -2.45. The molecule has 0 atom stereocenters. The summed E-state index contributed by atoms with van der Waals surface area (Å²) in [5.74, 6) is 0. The van der Waals surface area contributed by atoms with Gasteiger partial charge in [0.2, 0.25) is 0 Å². The van der Waals surface area contributed by atoms with E-state index in [1.807, 2.05) is 24.4 Å². The number of pyridine rings is 1. The predicted octanol–water partition coefficient (Wildman–Crippen LogP) is 1.89. The zero-order valence-electron chi connectivity index (χ0n) is 12.9. The highest BCUT2D eigenvalue weighted by molar-refractivity contribution is 5.21. The Morgan fingerprint density at radius 3 is 2.05 bits per heavy atom. The van der Waals surface area contributed by atoms with Gasteiger partial charge in [-0.15, -0.1) is 0 Å². The van der Waals surface area contributed by atoms with Crippen LogP contribution in [0, 0.1) is 0 Å². The van der Waals surface area contributed by atoms with E-state index in [0.717, 1.165) is 50.5 Å². The molecule has 1 aliphatic heterocycles. The van der Waals surface area contributed by atoms with E-state index in [1.54, 1.807) is 0 Å². The molecule has 1 N–H and O–H groups in total. The number of hydrogen-bond donors (Lipinski definition) is 1. The Morgan fingerprint density at radius 1 is 0.818 bits per heavy atom. The Kier molecular flexibility index (Phi) is 5.16. The molecular formula is C18H23N3O. The van der Waals surface area contributed by atoms with Crippen molar-refractivity contribution in [3.8, 4) is 0 Å². The van der Waals surface area contributed by atoms with Crippen LogP contribution in [0.5, 0.6) is 0 Å². The summed E-state index contributed by atoms with van der Waals surface area (Å²) in [6.07, 6.45) is 1.86. The van der Waals surface area contributed by atoms with Crippen molar-refractivity contribution in [1.82, 2.24) is 14.8 Å². The standard InChI is InChI=1S/C18H23N3O/c22-15-17-6-4-16(5-7-17)13-20-9-11-21(12-10-20)14-18-3-1-2-8-19-18/h1-8,22H,9-15H2. The topological polar surface area (TPSA) is 39.6 Å². The van der Waals surface area contributed by atoms with Crippen molar-refractivity contribution < 1.29 is 5.11 Å². The lowest BCUT2D eigenvalue weighted by molar-refractivity contribution is 0.121. The van der Waals surface area contributed by atoms with Crippen molar-refractivity contribution in [2.45, 2.75) is 19.7 Å². The number of nitrogens with zero attached hydrogens (tertiary/aromatic N) is 3. The minimum atomic E-state index is 0.118. The fraction of sp³-hybridized carbons (Fsp3) is 0.389. The molecule has 116 valence electrons. The average Bonchev–Trinajstić information content (AvgIpc) is 2.58. The first-order valence-electron chi connectivity index (χ1n) is 7.87. The van der Waals surface area contributed by atoms with E-state index in [9.17, 15) is 0 Å². The minimum absolute atomic E-state index is 0.118. The van der Waals surface area contributed by atoms with E-state index in [0.29, 0.717) is 0 Å². The summed E-state index contributed by atoms with van der Waals surface area (Å²) in [5, 5.41) is 9.08. The summed E-state index contributed by atoms with van der Waals surface area (Å²) in [7, 11) is 0. The van der Waals surface area contributed by atoms with Gasteiger partial charge in [-0.05, 0) is 23.3 Å². The highest BCUT2D eigenvalue weighted by Crippen LogP contribution is 2.11. The van der Waals surface area contributed by atoms with Crippen LogP contribution in [-0.4, -0.2) is 46.1 Å². The second-order valence-electron chi connectivity index (χ2n) is 5.85. The molecule has 0 saturated carbocycles. The summed E-state index contributed by atoms with van der Waals surface area (Å²) in [6.45, 7) is 6.41. The molecular weight excluding hydrogens is 274 g/mol. The van der Waals surface area contributed by atoms with Gasteiger partial charge in [-0.1, -0.05) is 30.3 Å². The zero-order valence-corrected chi connectivity index (χ0v) is 12.9. The molecule has 22 heavy (non-hydrogen) atoms. The first-order chi connectivity index (χ1) is 10.8. The van der Waals surface area contributed by atoms with Gasteiger partial charge in [-0.3, -0.25) is 14.8 Å². The van der Waals surface area contributed by atoms with Gasteiger partial charge in [0.05, 0.1) is 12.3 Å². The number of aromatic nitrogens is 1. The molecule has 2 aromatic rings. The third-order valence-corrected chi connectivity index (χ3v) is 4.19. The fourth-order valence-electron chi connectivity index (χ4n) is 2.83. The highest BCUT2D eigenvalue weighted by Gasteiger charge is 2.17. The quantitative estimate of drug-likeness (QED) is 0.915. The minimum Gasteiger partial charge on any atom is -0.392 e. The molecule has 3 rings (SSSR count). The third-order valence-electron chi connectivity index (χ3n) is 4.19. The van der Waals surface area contributed by atoms with E-state index in [-0.39, 0.29) is 6.61 Å². The van der Waals surface area contributed by atoms with Crippen LogP contribution in [0.2, 0.25) is 0 Å². The molecule has 1 saturated heterocycles. The van der Waals surface area contributed by atoms with E-state index < -0.39 is 0 Å². The first kappa shape index (κ1) is 15.2. The zero-order chi connectivity index (χ0) is 15.2. The number of rotatable bonds is 5. The molecule has 0 radical (unpaired) electrons. The molecule has 0 amide bonds. The maximum Gasteiger partial charge on any atom is 0.0681 e. The number of benzene rings is 1. The summed E-state index contributed by atoms with van der Waals surface area (Å²) in [6, 6.07) is 14.4. The second kappa shape index (κ2) is 7.49. The van der Waals surface area contributed by atoms with Gasteiger partial charge < -0.3 is 5.11 Å². The summed E-state index contributed by atoms with van der Waals surface area (Å²) >= 11 is 0. The molecule has 0 unspecified atom stereocenters. The molecule has 2 heterocycles. The number of aliphatic hydroxyl groups excluding tert-OH is 1. The molecule has 4 nitrogen and oxygen atoms in total. The smallest absolute Gasteiger partial charge is 0.0681 e. The molecule has 0 aliphatic carbocycles. The van der Waals surface area contributed by atoms with Gasteiger partial charge >= 0.3 is 0 Å². The largest absolute Gasteiger partial charge is 0.392 e. The van der Waals surface area contributed by atoms with Crippen LogP contribution in [0.25, 0.3) is 0 Å². The Balaban J connectivity index is 1.47. The summed E-state index contributed by atoms with van der Waals surface area (Å²) < 4.78 is 0. The monoisotopic (exact) mass is 297 g/mol. The van der Waals surface area contributed by atoms with Gasteiger partial charge in [0.15, 0.2) is 0 Å². The third kappa shape index (κ3) is 4.13. The second-order valence-corrected chi connectivity index (χ2v) is 5.85. The van der Waals surface area contributed by atoms with Crippen molar-refractivity contribution in [3.05, 3.63) is 65.5 Å². The van der Waals surface area contributed by atoms with Crippen molar-refractivity contribution in [2.24, 2.45) is 0 Å². The van der Waals surface area contributed by atoms with Crippen LogP contribution in [0.1, 0.15) is 16.8 Å². The molecule has 4 heteroatoms. The van der Waals surface area contributed by atoms with Gasteiger partial charge in [-0.2, -0.15) is 0 Å². The van der Waals surface area contributed by atoms with Gasteiger partial charge in [0.25, 0.3) is 0 Å². The maximum atomic E-state index is 9.08. The fourth-order valence-corrected chi connectivity index (χ4v) is 2.83. The van der Waals surface area contributed by atoms with Crippen LogP contribution >= 0.6 is 0 Å². The highest BCUT2D eigenvalue weighted by atomic mass is 16.3. The van der Waals surface area contributed by atoms with Crippen LogP contribution in [0.4, 0.5) is 0 Å². The first-order valence-corrected chi connectivity index (χ1v) is 7.87. The number of aliphatic hydroxyl groups is 1. The molecule has 1 aromatic carbocycles. The van der Waals surface area contributed by atoms with Crippen molar-refractivity contribution >= 4 is 0 Å². The molecule has 1 aliphatic rings. The molecule has 1 aromatic heterocycles. The predicted molar refractivity (Wildman–Crippen MR) is 87.2 cm³/mol. The molecule has 0 spiro atoms. The maximum absolute atomic E-state index is 9.08. The van der Waals surface area contributed by atoms with E-state index in [2.05, 4.69) is 39.0 Å². The summed E-state index contributed by atoms with van der Waals surface area (Å²) in [4.78, 5) is 9.36. The van der Waals surface area contributed by atoms with Gasteiger partial charge in [0, 0.05) is 45.5 Å². The van der Waals surface area contributed by atoms with Crippen LogP contribution in [0.3, 0.4) is 0 Å². The normalized spacial score (nSPS) is 16.8. The van der Waals surface area contributed by atoms with Crippen molar-refractivity contribution in [2.75, 3.05) is 26.2 Å². The van der Waals surface area contributed by atoms with E-state index in [4.69, 9.17) is 5.11 Å². The Bertz CT molecular complexity index is 563. The van der Waals surface area contributed by atoms with E-state index >= 15 is 0 Å². The average molecular weight is 297 g/mol. The van der Waals surface area contributed by atoms with E-state index in [1.165, 1.54) is 5.56 Å². The van der Waals surface area contributed by atoms with Gasteiger partial charge in [0.1, 0.15) is 0 Å². The molecule has 0 bridgehead atoms. The Morgan fingerprint density at radius 2 is 1.45 bits per heavy atom. The Labute approximate surface area is 132 Å². The lowest BCUT2D eigenvalue weighted by Gasteiger charge is -2.34. The Hall–Kier alpha value is -1.75. The molecule has 1 fully saturated rings. The van der Waals surface area contributed by atoms with Crippen LogP contribution in [0.15, 0.2) is 48.7 Å². The number of piperazine rings is 1. The van der Waals surface area contributed by atoms with Gasteiger partial charge in [-0.25, -0.2) is 0 Å². The SMILES string of the molecule is OCc1ccc(CN2CCN(Cc3ccccn3)CC2)cc1. The van der Waals surface area contributed by atoms with Crippen LogP contribution < -0.4 is 0 Å². The van der Waals surface area contributed by atoms with Crippen molar-refractivity contribution in [1.29, 1.82) is 0 Å². The summed E-state index contributed by atoms with van der Waals surface area (Å²) in [5.41, 5.74) is 3.44. The lowest BCUT2D eigenvalue weighted by atomic mass is 10.1. The van der Waals surface area contributed by atoms with Crippen LogP contribution in [-0.2, 0) is 19.7 Å². The number of hydrogen-bond acceptors (Lipinski definition) is 4.